The molecule has 0 saturated heterocycles. The molecule has 0 aliphatic rings. The highest BCUT2D eigenvalue weighted by Crippen LogP contribution is 2.28. The number of anilines is 2. The van der Waals surface area contributed by atoms with Crippen LogP contribution in [0.3, 0.4) is 0 Å². The normalized spacial score (nSPS) is 10.5. The zero-order valence-corrected chi connectivity index (χ0v) is 6.56. The van der Waals surface area contributed by atoms with Crippen molar-refractivity contribution < 1.29 is 0 Å². The van der Waals surface area contributed by atoms with Gasteiger partial charge in [0.2, 0.25) is 0 Å². The van der Waals surface area contributed by atoms with Crippen molar-refractivity contribution in [1.29, 1.82) is 0 Å². The van der Waals surface area contributed by atoms with E-state index in [1.54, 1.807) is 0 Å². The van der Waals surface area contributed by atoms with Gasteiger partial charge in [-0.2, -0.15) is 4.37 Å². The maximum absolute atomic E-state index is 5.68. The summed E-state index contributed by atoms with van der Waals surface area (Å²) >= 11 is 1.34. The van der Waals surface area contributed by atoms with Crippen LogP contribution < -0.4 is 11.5 Å². The molecular weight excluding hydrogens is 158 g/mol. The fourth-order valence-electron chi connectivity index (χ4n) is 1.00. The van der Waals surface area contributed by atoms with E-state index in [0.29, 0.717) is 5.82 Å². The number of rotatable bonds is 0. The summed E-state index contributed by atoms with van der Waals surface area (Å²) in [5.41, 5.74) is 12.0. The fraction of sp³-hybridized carbons (Fsp3) is 0. The number of hydrogen-bond donors (Lipinski definition) is 2. The molecule has 0 aliphatic heterocycles. The molecule has 0 radical (unpaired) electrons. The Hall–Kier alpha value is -1.29. The molecule has 4 N–H and O–H groups in total. The molecule has 0 spiro atoms. The molecule has 1 aromatic carbocycles. The third-order valence-corrected chi connectivity index (χ3v) is 2.48. The first-order valence-electron chi connectivity index (χ1n) is 3.18. The van der Waals surface area contributed by atoms with E-state index in [2.05, 4.69) is 4.37 Å². The lowest BCUT2D eigenvalue weighted by Gasteiger charge is -1.92. The van der Waals surface area contributed by atoms with Crippen LogP contribution in [-0.2, 0) is 0 Å². The van der Waals surface area contributed by atoms with Gasteiger partial charge >= 0.3 is 0 Å². The van der Waals surface area contributed by atoms with Crippen LogP contribution in [0.15, 0.2) is 18.2 Å². The molecule has 4 heteroatoms. The average molecular weight is 165 g/mol. The molecule has 1 aromatic heterocycles. The predicted molar refractivity (Wildman–Crippen MR) is 48.4 cm³/mol. The van der Waals surface area contributed by atoms with E-state index in [-0.39, 0.29) is 0 Å². The Morgan fingerprint density at radius 3 is 2.82 bits per heavy atom. The highest BCUT2D eigenvalue weighted by atomic mass is 32.1. The van der Waals surface area contributed by atoms with Gasteiger partial charge in [-0.05, 0) is 23.7 Å². The van der Waals surface area contributed by atoms with Gasteiger partial charge in [0.25, 0.3) is 0 Å². The van der Waals surface area contributed by atoms with Crippen molar-refractivity contribution in [1.82, 2.24) is 4.37 Å². The van der Waals surface area contributed by atoms with Crippen molar-refractivity contribution >= 4 is 33.1 Å². The molecule has 0 unspecified atom stereocenters. The van der Waals surface area contributed by atoms with Gasteiger partial charge in [-0.25, -0.2) is 0 Å². The van der Waals surface area contributed by atoms with Crippen LogP contribution in [0, 0.1) is 0 Å². The average Bonchev–Trinajstić information content (AvgIpc) is 2.35. The SMILES string of the molecule is Nc1nsc2c(N)cccc12. The van der Waals surface area contributed by atoms with E-state index in [1.165, 1.54) is 11.5 Å². The molecule has 0 amide bonds. The Morgan fingerprint density at radius 1 is 1.27 bits per heavy atom. The fourth-order valence-corrected chi connectivity index (χ4v) is 1.73. The molecular formula is C7H7N3S. The van der Waals surface area contributed by atoms with Crippen molar-refractivity contribution in [3.63, 3.8) is 0 Å². The van der Waals surface area contributed by atoms with Gasteiger partial charge < -0.3 is 11.5 Å². The zero-order chi connectivity index (χ0) is 7.84. The molecule has 0 fully saturated rings. The highest BCUT2D eigenvalue weighted by Gasteiger charge is 2.03. The third-order valence-electron chi connectivity index (χ3n) is 1.56. The summed E-state index contributed by atoms with van der Waals surface area (Å²) in [4.78, 5) is 0. The number of nitrogen functional groups attached to an aromatic ring is 2. The Balaban J connectivity index is 2.94. The van der Waals surface area contributed by atoms with Gasteiger partial charge in [-0.1, -0.05) is 6.07 Å². The summed E-state index contributed by atoms with van der Waals surface area (Å²) in [6.45, 7) is 0. The largest absolute Gasteiger partial charge is 0.398 e. The smallest absolute Gasteiger partial charge is 0.145 e. The van der Waals surface area contributed by atoms with E-state index in [4.69, 9.17) is 11.5 Å². The molecule has 0 saturated carbocycles. The Kier molecular flexibility index (Phi) is 1.22. The summed E-state index contributed by atoms with van der Waals surface area (Å²) in [6, 6.07) is 5.65. The molecule has 0 bridgehead atoms. The van der Waals surface area contributed by atoms with Gasteiger partial charge in [0.1, 0.15) is 5.82 Å². The maximum Gasteiger partial charge on any atom is 0.145 e. The Bertz CT molecular complexity index is 393. The van der Waals surface area contributed by atoms with Gasteiger partial charge in [0.05, 0.1) is 10.4 Å². The quantitative estimate of drug-likeness (QED) is 0.581. The molecule has 0 aliphatic carbocycles. The monoisotopic (exact) mass is 165 g/mol. The first kappa shape index (κ1) is 6.42. The Morgan fingerprint density at radius 2 is 2.09 bits per heavy atom. The lowest BCUT2D eigenvalue weighted by molar-refractivity contribution is 1.59. The van der Waals surface area contributed by atoms with Crippen LogP contribution in [0.4, 0.5) is 11.5 Å². The van der Waals surface area contributed by atoms with Crippen molar-refractivity contribution in [2.24, 2.45) is 0 Å². The number of benzene rings is 1. The second-order valence-electron chi connectivity index (χ2n) is 2.29. The number of aromatic nitrogens is 1. The molecule has 2 aromatic rings. The van der Waals surface area contributed by atoms with E-state index < -0.39 is 0 Å². The van der Waals surface area contributed by atoms with Gasteiger partial charge in [-0.3, -0.25) is 0 Å². The number of nitrogens with two attached hydrogens (primary N) is 2. The standard InChI is InChI=1S/C7H7N3S/c8-5-3-1-2-4-6(5)11-10-7(4)9/h1-3H,8H2,(H2,9,10). The second-order valence-corrected chi connectivity index (χ2v) is 3.07. The molecule has 3 nitrogen and oxygen atoms in total. The van der Waals surface area contributed by atoms with E-state index in [0.717, 1.165) is 15.8 Å². The number of hydrogen-bond acceptors (Lipinski definition) is 4. The zero-order valence-electron chi connectivity index (χ0n) is 5.74. The van der Waals surface area contributed by atoms with E-state index in [9.17, 15) is 0 Å². The third kappa shape index (κ3) is 0.832. The summed E-state index contributed by atoms with van der Waals surface area (Å²) < 4.78 is 4.97. The van der Waals surface area contributed by atoms with Crippen LogP contribution in [0.2, 0.25) is 0 Å². The summed E-state index contributed by atoms with van der Waals surface area (Å²) in [5, 5.41) is 0.954. The predicted octanol–water partition coefficient (Wildman–Crippen LogP) is 1.46. The summed E-state index contributed by atoms with van der Waals surface area (Å²) in [7, 11) is 0. The van der Waals surface area contributed by atoms with Crippen molar-refractivity contribution in [3.05, 3.63) is 18.2 Å². The van der Waals surface area contributed by atoms with Gasteiger partial charge in [0, 0.05) is 5.39 Å². The summed E-state index contributed by atoms with van der Waals surface area (Å²) in [5.74, 6) is 0.567. The van der Waals surface area contributed by atoms with Gasteiger partial charge in [0.15, 0.2) is 0 Å². The highest BCUT2D eigenvalue weighted by molar-refractivity contribution is 7.14. The van der Waals surface area contributed by atoms with E-state index in [1.807, 2.05) is 18.2 Å². The molecule has 1 heterocycles. The van der Waals surface area contributed by atoms with Crippen LogP contribution in [-0.4, -0.2) is 4.37 Å². The first-order valence-corrected chi connectivity index (χ1v) is 3.96. The minimum Gasteiger partial charge on any atom is -0.398 e. The van der Waals surface area contributed by atoms with Gasteiger partial charge in [-0.15, -0.1) is 0 Å². The number of fused-ring (bicyclic) bond motifs is 1. The minimum atomic E-state index is 0.567. The second kappa shape index (κ2) is 2.10. The molecule has 11 heavy (non-hydrogen) atoms. The summed E-state index contributed by atoms with van der Waals surface area (Å²) in [6.07, 6.45) is 0. The van der Waals surface area contributed by atoms with Crippen LogP contribution in [0.25, 0.3) is 10.1 Å². The number of nitrogens with zero attached hydrogens (tertiary/aromatic N) is 1. The molecule has 2 rings (SSSR count). The minimum absolute atomic E-state index is 0.567. The molecule has 56 valence electrons. The van der Waals surface area contributed by atoms with Crippen molar-refractivity contribution in [2.45, 2.75) is 0 Å². The van der Waals surface area contributed by atoms with Crippen LogP contribution in [0.5, 0.6) is 0 Å². The van der Waals surface area contributed by atoms with Crippen LogP contribution in [0.1, 0.15) is 0 Å². The van der Waals surface area contributed by atoms with Crippen molar-refractivity contribution in [3.8, 4) is 0 Å². The Labute approximate surface area is 67.8 Å². The lowest BCUT2D eigenvalue weighted by atomic mass is 10.2. The lowest BCUT2D eigenvalue weighted by Crippen LogP contribution is -1.85. The maximum atomic E-state index is 5.68. The molecule has 0 atom stereocenters. The van der Waals surface area contributed by atoms with Crippen molar-refractivity contribution in [2.75, 3.05) is 11.5 Å². The first-order chi connectivity index (χ1) is 5.29. The van der Waals surface area contributed by atoms with E-state index >= 15 is 0 Å². The topological polar surface area (TPSA) is 64.9 Å². The van der Waals surface area contributed by atoms with Crippen LogP contribution >= 0.6 is 11.5 Å².